The summed E-state index contributed by atoms with van der Waals surface area (Å²) >= 11 is 0. The topological polar surface area (TPSA) is 38.9 Å². The van der Waals surface area contributed by atoms with Gasteiger partial charge in [0.25, 0.3) is 0 Å². The van der Waals surface area contributed by atoms with E-state index in [1.165, 1.54) is 44.1 Å². The summed E-state index contributed by atoms with van der Waals surface area (Å²) in [5.74, 6) is 0. The fraction of sp³-hybridized carbons (Fsp3) is 0.688. The van der Waals surface area contributed by atoms with Gasteiger partial charge < -0.3 is 5.73 Å². The molecule has 0 amide bonds. The molecule has 1 aromatic heterocycles. The molecule has 1 aromatic rings. The Hall–Kier alpha value is -0.890. The van der Waals surface area contributed by atoms with Gasteiger partial charge in [-0.25, -0.2) is 0 Å². The van der Waals surface area contributed by atoms with Crippen LogP contribution in [-0.4, -0.2) is 11.5 Å². The third kappa shape index (κ3) is 2.31. The highest BCUT2D eigenvalue weighted by molar-refractivity contribution is 5.29. The van der Waals surface area contributed by atoms with Crippen molar-refractivity contribution < 1.29 is 0 Å². The van der Waals surface area contributed by atoms with Crippen LogP contribution >= 0.6 is 0 Å². The number of rotatable bonds is 6. The van der Waals surface area contributed by atoms with Gasteiger partial charge in [0.2, 0.25) is 0 Å². The first-order valence-electron chi connectivity index (χ1n) is 7.31. The Labute approximate surface area is 111 Å². The highest BCUT2D eigenvalue weighted by atomic mass is 14.7. The molecule has 2 nitrogen and oxygen atoms in total. The number of hydrogen-bond acceptors (Lipinski definition) is 2. The lowest BCUT2D eigenvalue weighted by molar-refractivity contribution is 0.00779. The minimum absolute atomic E-state index is 0.229. The lowest BCUT2D eigenvalue weighted by Gasteiger charge is -2.57. The van der Waals surface area contributed by atoms with E-state index in [-0.39, 0.29) is 5.41 Å². The Morgan fingerprint density at radius 2 is 1.67 bits per heavy atom. The number of hydrogen-bond donors (Lipinski definition) is 1. The molecule has 1 saturated carbocycles. The van der Waals surface area contributed by atoms with Crippen molar-refractivity contribution in [2.45, 2.75) is 57.8 Å². The predicted octanol–water partition coefficient (Wildman–Crippen LogP) is 3.66. The van der Waals surface area contributed by atoms with Crippen LogP contribution in [-0.2, 0) is 5.41 Å². The molecular weight excluding hydrogens is 220 g/mol. The van der Waals surface area contributed by atoms with Crippen LogP contribution in [0.3, 0.4) is 0 Å². The first-order valence-corrected chi connectivity index (χ1v) is 7.31. The van der Waals surface area contributed by atoms with Gasteiger partial charge in [0, 0.05) is 24.4 Å². The molecule has 100 valence electrons. The minimum Gasteiger partial charge on any atom is -0.330 e. The zero-order chi connectivity index (χ0) is 13.1. The number of pyridine rings is 1. The van der Waals surface area contributed by atoms with Crippen molar-refractivity contribution in [1.82, 2.24) is 4.98 Å². The predicted molar refractivity (Wildman–Crippen MR) is 76.5 cm³/mol. The van der Waals surface area contributed by atoms with Crippen molar-refractivity contribution >= 4 is 0 Å². The fourth-order valence-electron chi connectivity index (χ4n) is 4.09. The molecule has 1 heterocycles. The summed E-state index contributed by atoms with van der Waals surface area (Å²) < 4.78 is 0. The average Bonchev–Trinajstić information content (AvgIpc) is 2.36. The van der Waals surface area contributed by atoms with Gasteiger partial charge in [-0.2, -0.15) is 0 Å². The van der Waals surface area contributed by atoms with E-state index in [0.29, 0.717) is 5.41 Å². The van der Waals surface area contributed by atoms with E-state index in [1.54, 1.807) is 0 Å². The van der Waals surface area contributed by atoms with Crippen LogP contribution < -0.4 is 5.73 Å². The highest BCUT2D eigenvalue weighted by Gasteiger charge is 2.52. The van der Waals surface area contributed by atoms with Gasteiger partial charge in [-0.15, -0.1) is 0 Å². The second-order valence-electron chi connectivity index (χ2n) is 6.07. The second-order valence-corrected chi connectivity index (χ2v) is 6.07. The summed E-state index contributed by atoms with van der Waals surface area (Å²) in [6, 6.07) is 4.29. The summed E-state index contributed by atoms with van der Waals surface area (Å²) in [5.41, 5.74) is 8.28. The van der Waals surface area contributed by atoms with Crippen LogP contribution in [0, 0.1) is 5.41 Å². The van der Waals surface area contributed by atoms with Crippen LogP contribution in [0.4, 0.5) is 0 Å². The van der Waals surface area contributed by atoms with Gasteiger partial charge in [-0.05, 0) is 48.8 Å². The first-order chi connectivity index (χ1) is 8.70. The van der Waals surface area contributed by atoms with Crippen molar-refractivity contribution in [3.05, 3.63) is 30.1 Å². The normalized spacial score (nSPS) is 20.4. The molecule has 1 fully saturated rings. The van der Waals surface area contributed by atoms with Crippen LogP contribution in [0.2, 0.25) is 0 Å². The van der Waals surface area contributed by atoms with Gasteiger partial charge in [0.15, 0.2) is 0 Å². The van der Waals surface area contributed by atoms with Gasteiger partial charge in [-0.3, -0.25) is 4.98 Å². The highest BCUT2D eigenvalue weighted by Crippen LogP contribution is 2.59. The summed E-state index contributed by atoms with van der Waals surface area (Å²) in [5, 5.41) is 0. The Morgan fingerprint density at radius 3 is 2.11 bits per heavy atom. The molecule has 0 unspecified atom stereocenters. The van der Waals surface area contributed by atoms with E-state index >= 15 is 0 Å². The molecule has 1 aliphatic rings. The Bertz CT molecular complexity index is 358. The molecule has 0 aliphatic heterocycles. The van der Waals surface area contributed by atoms with Crippen molar-refractivity contribution in [3.63, 3.8) is 0 Å². The van der Waals surface area contributed by atoms with Crippen LogP contribution in [0.1, 0.15) is 57.9 Å². The average molecular weight is 246 g/mol. The summed E-state index contributed by atoms with van der Waals surface area (Å²) in [6.07, 6.45) is 11.6. The molecule has 0 atom stereocenters. The van der Waals surface area contributed by atoms with E-state index in [0.717, 1.165) is 6.54 Å². The lowest BCUT2D eigenvalue weighted by atomic mass is 9.48. The SMILES string of the molecule is CCCC1(CCC)CC(CN)(c2ccncc2)C1. The van der Waals surface area contributed by atoms with Gasteiger partial charge >= 0.3 is 0 Å². The van der Waals surface area contributed by atoms with Crippen molar-refractivity contribution in [3.8, 4) is 0 Å². The Balaban J connectivity index is 2.15. The molecule has 0 aromatic carbocycles. The number of nitrogens with two attached hydrogens (primary N) is 1. The second kappa shape index (κ2) is 5.40. The monoisotopic (exact) mass is 246 g/mol. The molecule has 18 heavy (non-hydrogen) atoms. The van der Waals surface area contributed by atoms with Gasteiger partial charge in [-0.1, -0.05) is 26.7 Å². The van der Waals surface area contributed by atoms with Crippen LogP contribution in [0.25, 0.3) is 0 Å². The van der Waals surface area contributed by atoms with E-state index in [9.17, 15) is 0 Å². The molecule has 1 aliphatic carbocycles. The molecule has 0 bridgehead atoms. The lowest BCUT2D eigenvalue weighted by Crippen LogP contribution is -2.53. The molecular formula is C16H26N2. The van der Waals surface area contributed by atoms with Gasteiger partial charge in [0.05, 0.1) is 0 Å². The summed E-state index contributed by atoms with van der Waals surface area (Å²) in [4.78, 5) is 4.12. The van der Waals surface area contributed by atoms with Crippen molar-refractivity contribution in [2.75, 3.05) is 6.54 Å². The maximum Gasteiger partial charge on any atom is 0.0270 e. The van der Waals surface area contributed by atoms with Crippen molar-refractivity contribution in [2.24, 2.45) is 11.1 Å². The fourth-order valence-corrected chi connectivity index (χ4v) is 4.09. The maximum atomic E-state index is 6.09. The van der Waals surface area contributed by atoms with Crippen LogP contribution in [0.5, 0.6) is 0 Å². The Morgan fingerprint density at radius 1 is 1.11 bits per heavy atom. The number of nitrogens with zero attached hydrogens (tertiary/aromatic N) is 1. The molecule has 0 spiro atoms. The third-order valence-corrected chi connectivity index (χ3v) is 4.67. The molecule has 2 N–H and O–H groups in total. The van der Waals surface area contributed by atoms with E-state index in [1.807, 2.05) is 12.4 Å². The maximum absolute atomic E-state index is 6.09. The van der Waals surface area contributed by atoms with E-state index in [4.69, 9.17) is 5.73 Å². The summed E-state index contributed by atoms with van der Waals surface area (Å²) in [7, 11) is 0. The van der Waals surface area contributed by atoms with Crippen LogP contribution in [0.15, 0.2) is 24.5 Å². The van der Waals surface area contributed by atoms with E-state index < -0.39 is 0 Å². The quantitative estimate of drug-likeness (QED) is 0.832. The number of aromatic nitrogens is 1. The molecule has 2 heteroatoms. The van der Waals surface area contributed by atoms with Crippen molar-refractivity contribution in [1.29, 1.82) is 0 Å². The summed E-state index contributed by atoms with van der Waals surface area (Å²) in [6.45, 7) is 5.37. The zero-order valence-corrected chi connectivity index (χ0v) is 11.8. The first kappa shape index (κ1) is 13.5. The standard InChI is InChI=1S/C16H26N2/c1-3-7-15(8-4-2)11-16(12-15,13-17)14-5-9-18-10-6-14/h5-6,9-10H,3-4,7-8,11-13,17H2,1-2H3. The van der Waals surface area contributed by atoms with Gasteiger partial charge in [0.1, 0.15) is 0 Å². The van der Waals surface area contributed by atoms with E-state index in [2.05, 4.69) is 31.0 Å². The third-order valence-electron chi connectivity index (χ3n) is 4.67. The minimum atomic E-state index is 0.229. The Kier molecular flexibility index (Phi) is 4.06. The molecule has 0 radical (unpaired) electrons. The largest absolute Gasteiger partial charge is 0.330 e. The molecule has 2 rings (SSSR count). The molecule has 0 saturated heterocycles. The smallest absolute Gasteiger partial charge is 0.0270 e. The zero-order valence-electron chi connectivity index (χ0n) is 11.8.